The van der Waals surface area contributed by atoms with Crippen molar-refractivity contribution in [2.45, 2.75) is 18.2 Å². The van der Waals surface area contributed by atoms with Crippen LogP contribution in [0.5, 0.6) is 0 Å². The van der Waals surface area contributed by atoms with Crippen molar-refractivity contribution in [1.82, 2.24) is 4.72 Å². The van der Waals surface area contributed by atoms with Crippen LogP contribution in [0.25, 0.3) is 0 Å². The molecule has 1 fully saturated rings. The van der Waals surface area contributed by atoms with Gasteiger partial charge >= 0.3 is 0 Å². The van der Waals surface area contributed by atoms with E-state index in [0.29, 0.717) is 6.42 Å². The SMILES string of the molecule is Cc1ccc(S(=O)(=O)NCC2CCS(=O)(=O)C2)cc1N(C)C. The van der Waals surface area contributed by atoms with Gasteiger partial charge in [-0.1, -0.05) is 6.07 Å². The molecule has 8 heteroatoms. The van der Waals surface area contributed by atoms with Crippen LogP contribution in [0.4, 0.5) is 5.69 Å². The normalized spacial score (nSPS) is 21.0. The van der Waals surface area contributed by atoms with Gasteiger partial charge in [0.15, 0.2) is 9.84 Å². The van der Waals surface area contributed by atoms with Gasteiger partial charge in [0.25, 0.3) is 0 Å². The van der Waals surface area contributed by atoms with E-state index in [0.717, 1.165) is 11.3 Å². The summed E-state index contributed by atoms with van der Waals surface area (Å²) >= 11 is 0. The quantitative estimate of drug-likeness (QED) is 0.851. The first-order valence-corrected chi connectivity index (χ1v) is 10.4. The topological polar surface area (TPSA) is 83.5 Å². The average molecular weight is 346 g/mol. The van der Waals surface area contributed by atoms with Crippen LogP contribution in [-0.2, 0) is 19.9 Å². The summed E-state index contributed by atoms with van der Waals surface area (Å²) in [5, 5.41) is 0. The van der Waals surface area contributed by atoms with Gasteiger partial charge in [0.2, 0.25) is 10.0 Å². The molecule has 1 N–H and O–H groups in total. The van der Waals surface area contributed by atoms with Crippen LogP contribution in [0.2, 0.25) is 0 Å². The zero-order valence-corrected chi connectivity index (χ0v) is 14.7. The first kappa shape index (κ1) is 17.2. The van der Waals surface area contributed by atoms with E-state index in [1.165, 1.54) is 0 Å². The van der Waals surface area contributed by atoms with Gasteiger partial charge in [-0.2, -0.15) is 0 Å². The molecule has 1 aromatic carbocycles. The van der Waals surface area contributed by atoms with Gasteiger partial charge in [-0.3, -0.25) is 0 Å². The Morgan fingerprint density at radius 2 is 2.00 bits per heavy atom. The Hall–Kier alpha value is -1.12. The van der Waals surface area contributed by atoms with Crippen LogP contribution in [0.1, 0.15) is 12.0 Å². The lowest BCUT2D eigenvalue weighted by molar-refractivity contribution is 0.543. The molecular weight excluding hydrogens is 324 g/mol. The van der Waals surface area contributed by atoms with E-state index in [2.05, 4.69) is 4.72 Å². The Bertz CT molecular complexity index is 755. The van der Waals surface area contributed by atoms with Crippen LogP contribution in [0.3, 0.4) is 0 Å². The summed E-state index contributed by atoms with van der Waals surface area (Å²) in [6.07, 6.45) is 0.516. The smallest absolute Gasteiger partial charge is 0.240 e. The number of anilines is 1. The Labute approximate surface area is 132 Å². The number of nitrogens with zero attached hydrogens (tertiary/aromatic N) is 1. The molecule has 0 amide bonds. The summed E-state index contributed by atoms with van der Waals surface area (Å²) in [7, 11) is -2.91. The molecule has 1 aliphatic heterocycles. The van der Waals surface area contributed by atoms with Gasteiger partial charge in [0, 0.05) is 26.3 Å². The monoisotopic (exact) mass is 346 g/mol. The molecule has 0 bridgehead atoms. The first-order chi connectivity index (χ1) is 10.1. The third-order valence-electron chi connectivity index (χ3n) is 3.86. The zero-order chi connectivity index (χ0) is 16.5. The fourth-order valence-electron chi connectivity index (χ4n) is 2.58. The van der Waals surface area contributed by atoms with Crippen molar-refractivity contribution in [2.24, 2.45) is 5.92 Å². The molecule has 2 rings (SSSR count). The number of hydrogen-bond donors (Lipinski definition) is 1. The predicted molar refractivity (Wildman–Crippen MR) is 87.5 cm³/mol. The Morgan fingerprint density at radius 1 is 1.32 bits per heavy atom. The minimum absolute atomic E-state index is 0.0619. The van der Waals surface area contributed by atoms with E-state index < -0.39 is 19.9 Å². The molecule has 22 heavy (non-hydrogen) atoms. The van der Waals surface area contributed by atoms with Crippen LogP contribution in [-0.4, -0.2) is 49.0 Å². The van der Waals surface area contributed by atoms with Gasteiger partial charge < -0.3 is 4.90 Å². The van der Waals surface area contributed by atoms with Crippen molar-refractivity contribution in [1.29, 1.82) is 0 Å². The van der Waals surface area contributed by atoms with E-state index >= 15 is 0 Å². The van der Waals surface area contributed by atoms with Gasteiger partial charge in [0.05, 0.1) is 16.4 Å². The number of aryl methyl sites for hydroxylation is 1. The minimum Gasteiger partial charge on any atom is -0.377 e. The fourth-order valence-corrected chi connectivity index (χ4v) is 5.58. The maximum Gasteiger partial charge on any atom is 0.240 e. The number of benzene rings is 1. The molecule has 0 saturated carbocycles. The highest BCUT2D eigenvalue weighted by Crippen LogP contribution is 2.23. The maximum atomic E-state index is 12.4. The molecule has 1 aromatic rings. The molecule has 6 nitrogen and oxygen atoms in total. The molecule has 0 radical (unpaired) electrons. The fraction of sp³-hybridized carbons (Fsp3) is 0.571. The molecule has 0 aromatic heterocycles. The highest BCUT2D eigenvalue weighted by atomic mass is 32.2. The van der Waals surface area contributed by atoms with Crippen LogP contribution in [0.15, 0.2) is 23.1 Å². The van der Waals surface area contributed by atoms with Crippen LogP contribution >= 0.6 is 0 Å². The summed E-state index contributed by atoms with van der Waals surface area (Å²) in [5.41, 5.74) is 1.83. The van der Waals surface area contributed by atoms with Gasteiger partial charge in [-0.05, 0) is 37.0 Å². The second-order valence-electron chi connectivity index (χ2n) is 5.96. The largest absolute Gasteiger partial charge is 0.377 e. The number of rotatable bonds is 5. The molecular formula is C14H22N2O4S2. The summed E-state index contributed by atoms with van der Waals surface area (Å²) < 4.78 is 50.1. The molecule has 1 heterocycles. The Morgan fingerprint density at radius 3 is 2.55 bits per heavy atom. The van der Waals surface area contributed by atoms with E-state index in [4.69, 9.17) is 0 Å². The summed E-state index contributed by atoms with van der Waals surface area (Å²) in [6.45, 7) is 2.08. The van der Waals surface area contributed by atoms with Gasteiger partial charge in [-0.25, -0.2) is 21.6 Å². The third-order valence-corrected chi connectivity index (χ3v) is 7.12. The van der Waals surface area contributed by atoms with Gasteiger partial charge in [0.1, 0.15) is 0 Å². The maximum absolute atomic E-state index is 12.4. The zero-order valence-electron chi connectivity index (χ0n) is 13.0. The summed E-state index contributed by atoms with van der Waals surface area (Å²) in [5.74, 6) is 0.0692. The Balaban J connectivity index is 2.12. The highest BCUT2D eigenvalue weighted by Gasteiger charge is 2.29. The number of sulfone groups is 1. The molecule has 1 atom stereocenters. The molecule has 124 valence electrons. The first-order valence-electron chi connectivity index (χ1n) is 7.09. The average Bonchev–Trinajstić information content (AvgIpc) is 2.76. The second kappa shape index (κ2) is 6.17. The molecule has 0 aliphatic carbocycles. The van der Waals surface area contributed by atoms with Crippen molar-refractivity contribution in [2.75, 3.05) is 37.0 Å². The number of nitrogens with one attached hydrogen (secondary N) is 1. The second-order valence-corrected chi connectivity index (χ2v) is 9.96. The molecule has 1 saturated heterocycles. The van der Waals surface area contributed by atoms with Crippen LogP contribution < -0.4 is 9.62 Å². The van der Waals surface area contributed by atoms with Crippen LogP contribution in [0, 0.1) is 12.8 Å². The summed E-state index contributed by atoms with van der Waals surface area (Å²) in [6, 6.07) is 4.96. The van der Waals surface area contributed by atoms with Crippen molar-refractivity contribution < 1.29 is 16.8 Å². The van der Waals surface area contributed by atoms with E-state index in [-0.39, 0.29) is 28.9 Å². The molecule has 1 aliphatic rings. The van der Waals surface area contributed by atoms with Crippen molar-refractivity contribution in [3.05, 3.63) is 23.8 Å². The number of hydrogen-bond acceptors (Lipinski definition) is 5. The van der Waals surface area contributed by atoms with E-state index in [1.54, 1.807) is 18.2 Å². The minimum atomic E-state index is -3.63. The van der Waals surface area contributed by atoms with Gasteiger partial charge in [-0.15, -0.1) is 0 Å². The molecule has 1 unspecified atom stereocenters. The third kappa shape index (κ3) is 3.99. The molecule has 0 spiro atoms. The lowest BCUT2D eigenvalue weighted by Crippen LogP contribution is -2.30. The van der Waals surface area contributed by atoms with E-state index in [9.17, 15) is 16.8 Å². The summed E-state index contributed by atoms with van der Waals surface area (Å²) in [4.78, 5) is 2.06. The lowest BCUT2D eigenvalue weighted by atomic mass is 10.1. The van der Waals surface area contributed by atoms with Crippen molar-refractivity contribution in [3.8, 4) is 0 Å². The highest BCUT2D eigenvalue weighted by molar-refractivity contribution is 7.91. The predicted octanol–water partition coefficient (Wildman–Crippen LogP) is 0.774. The number of sulfonamides is 1. The van der Waals surface area contributed by atoms with Crippen molar-refractivity contribution >= 4 is 25.5 Å². The standard InChI is InChI=1S/C14H22N2O4S2/c1-11-4-5-13(8-14(11)16(2)3)22(19,20)15-9-12-6-7-21(17,18)10-12/h4-5,8,12,15H,6-7,9-10H2,1-3H3. The Kier molecular flexibility index (Phi) is 4.84. The van der Waals surface area contributed by atoms with E-state index in [1.807, 2.05) is 25.9 Å². The lowest BCUT2D eigenvalue weighted by Gasteiger charge is -2.17. The van der Waals surface area contributed by atoms with Crippen molar-refractivity contribution in [3.63, 3.8) is 0 Å².